The molecule has 3 aliphatic rings. The van der Waals surface area contributed by atoms with Gasteiger partial charge in [0.2, 0.25) is 0 Å². The van der Waals surface area contributed by atoms with Crippen LogP contribution in [0.5, 0.6) is 5.75 Å². The monoisotopic (exact) mass is 456 g/mol. The molecule has 8 heteroatoms. The van der Waals surface area contributed by atoms with Crippen LogP contribution in [0.4, 0.5) is 5.69 Å². The number of aliphatic imine (C=N–C) groups is 2. The molecule has 0 spiro atoms. The Morgan fingerprint density at radius 3 is 2.97 bits per heavy atom. The molecule has 1 saturated carbocycles. The second-order valence-corrected chi connectivity index (χ2v) is 9.23. The van der Waals surface area contributed by atoms with Gasteiger partial charge in [-0.15, -0.1) is 0 Å². The number of amidine groups is 2. The van der Waals surface area contributed by atoms with Crippen molar-refractivity contribution in [1.29, 1.82) is 0 Å². The van der Waals surface area contributed by atoms with Crippen molar-refractivity contribution < 1.29 is 9.84 Å². The van der Waals surface area contributed by atoms with Crippen molar-refractivity contribution in [3.8, 4) is 5.75 Å². The lowest BCUT2D eigenvalue weighted by atomic mass is 9.79. The van der Waals surface area contributed by atoms with E-state index < -0.39 is 0 Å². The fourth-order valence-electron chi connectivity index (χ4n) is 4.92. The van der Waals surface area contributed by atoms with Crippen LogP contribution in [0.15, 0.2) is 58.8 Å². The van der Waals surface area contributed by atoms with Gasteiger partial charge in [0.15, 0.2) is 11.7 Å². The second kappa shape index (κ2) is 8.61. The second-order valence-electron chi connectivity index (χ2n) is 9.23. The lowest BCUT2D eigenvalue weighted by Crippen LogP contribution is -2.36. The van der Waals surface area contributed by atoms with Crippen LogP contribution in [-0.2, 0) is 6.42 Å². The van der Waals surface area contributed by atoms with E-state index in [-0.39, 0.29) is 6.10 Å². The van der Waals surface area contributed by atoms with Crippen LogP contribution in [0.3, 0.4) is 0 Å². The number of ether oxygens (including phenoxy) is 1. The van der Waals surface area contributed by atoms with E-state index in [4.69, 9.17) is 9.73 Å². The van der Waals surface area contributed by atoms with Crippen molar-refractivity contribution in [2.45, 2.75) is 31.8 Å². The molecule has 174 valence electrons. The maximum absolute atomic E-state index is 9.54. The smallest absolute Gasteiger partial charge is 0.174 e. The van der Waals surface area contributed by atoms with Crippen molar-refractivity contribution in [2.24, 2.45) is 15.9 Å². The van der Waals surface area contributed by atoms with Crippen LogP contribution in [0.2, 0.25) is 0 Å². The molecule has 2 aromatic carbocycles. The Hall–Kier alpha value is -3.65. The first-order chi connectivity index (χ1) is 16.7. The van der Waals surface area contributed by atoms with E-state index in [0.717, 1.165) is 84.0 Å². The molecule has 0 unspecified atom stereocenters. The van der Waals surface area contributed by atoms with Crippen LogP contribution in [0.25, 0.3) is 16.6 Å². The normalized spacial score (nSPS) is 21.5. The molecule has 1 aromatic heterocycles. The number of aromatic amines is 1. The maximum Gasteiger partial charge on any atom is 0.174 e. The number of fused-ring (bicyclic) bond motifs is 2. The van der Waals surface area contributed by atoms with Crippen LogP contribution in [0.1, 0.15) is 30.4 Å². The summed E-state index contributed by atoms with van der Waals surface area (Å²) < 4.78 is 5.70. The highest BCUT2D eigenvalue weighted by atomic mass is 16.5. The summed E-state index contributed by atoms with van der Waals surface area (Å²) in [6, 6.07) is 12.4. The average Bonchev–Trinajstić information content (AvgIpc) is 3.50. The molecule has 3 heterocycles. The Morgan fingerprint density at radius 1 is 1.21 bits per heavy atom. The molecule has 3 N–H and O–H groups in total. The number of nitrogens with one attached hydrogen (secondary N) is 2. The first-order valence-corrected chi connectivity index (χ1v) is 11.8. The fraction of sp³-hybridized carbons (Fsp3) is 0.346. The van der Waals surface area contributed by atoms with Crippen molar-refractivity contribution in [3.05, 3.63) is 59.9 Å². The number of aromatic nitrogens is 2. The third kappa shape index (κ3) is 3.94. The molecule has 0 bridgehead atoms. The minimum Gasteiger partial charge on any atom is -0.496 e. The molecule has 34 heavy (non-hydrogen) atoms. The average molecular weight is 457 g/mol. The summed E-state index contributed by atoms with van der Waals surface area (Å²) >= 11 is 0. The molecule has 1 aliphatic carbocycles. The summed E-state index contributed by atoms with van der Waals surface area (Å²) in [4.78, 5) is 11.8. The third-order valence-electron chi connectivity index (χ3n) is 6.92. The number of aliphatic hydroxyl groups excluding tert-OH is 1. The number of hydrogen-bond donors (Lipinski definition) is 3. The summed E-state index contributed by atoms with van der Waals surface area (Å²) in [6.45, 7) is 1.58. The fourth-order valence-corrected chi connectivity index (χ4v) is 4.92. The Kier molecular flexibility index (Phi) is 5.30. The molecule has 6 rings (SSSR count). The van der Waals surface area contributed by atoms with Crippen molar-refractivity contribution >= 4 is 34.0 Å². The van der Waals surface area contributed by atoms with Gasteiger partial charge in [-0.25, -0.2) is 4.99 Å². The molecular formula is C26H28N6O2. The zero-order valence-corrected chi connectivity index (χ0v) is 19.2. The standard InChI is InChI=1S/C26H28N6O2/c1-34-24-13-20(7-6-17(24)3-2-16-10-21(33)11-16)29-25-26-27-8-9-32(26)15-23(30-25)18-4-5-19-14-28-31-22(19)12-18/h4-7,12-16,21,33H,2-3,8-11H2,1H3,(H,28,31)(H,29,30). The van der Waals surface area contributed by atoms with Crippen molar-refractivity contribution in [1.82, 2.24) is 15.1 Å². The lowest BCUT2D eigenvalue weighted by molar-refractivity contribution is 0.0393. The zero-order chi connectivity index (χ0) is 23.1. The molecule has 8 nitrogen and oxygen atoms in total. The number of hydrogen-bond acceptors (Lipinski definition) is 7. The van der Waals surface area contributed by atoms with Crippen LogP contribution < -0.4 is 10.1 Å². The quantitative estimate of drug-likeness (QED) is 0.524. The predicted octanol–water partition coefficient (Wildman–Crippen LogP) is 3.81. The lowest BCUT2D eigenvalue weighted by Gasteiger charge is -2.31. The summed E-state index contributed by atoms with van der Waals surface area (Å²) in [5.74, 6) is 3.08. The number of aryl methyl sites for hydroxylation is 1. The Morgan fingerprint density at radius 2 is 2.12 bits per heavy atom. The summed E-state index contributed by atoms with van der Waals surface area (Å²) in [5, 5.41) is 21.3. The van der Waals surface area contributed by atoms with Gasteiger partial charge in [-0.3, -0.25) is 10.1 Å². The SMILES string of the molecule is COc1cc(NC2=NC(c3ccc4cn[nH]c4c3)=CN3CCN=C23)ccc1CCC1CC(O)C1. The van der Waals surface area contributed by atoms with Crippen LogP contribution in [-0.4, -0.2) is 58.2 Å². The number of anilines is 1. The molecule has 0 amide bonds. The molecular weight excluding hydrogens is 428 g/mol. The van der Waals surface area contributed by atoms with Crippen molar-refractivity contribution in [2.75, 3.05) is 25.5 Å². The van der Waals surface area contributed by atoms with Crippen LogP contribution in [0, 0.1) is 5.92 Å². The number of benzene rings is 2. The number of rotatable bonds is 6. The molecule has 3 aromatic rings. The molecule has 0 radical (unpaired) electrons. The van der Waals surface area contributed by atoms with Gasteiger partial charge in [0.1, 0.15) is 5.75 Å². The molecule has 2 aliphatic heterocycles. The maximum atomic E-state index is 9.54. The Labute approximate surface area is 198 Å². The van der Waals surface area contributed by atoms with Gasteiger partial charge in [-0.2, -0.15) is 5.10 Å². The van der Waals surface area contributed by atoms with Gasteiger partial charge in [0, 0.05) is 35.4 Å². The van der Waals surface area contributed by atoms with Gasteiger partial charge < -0.3 is 20.1 Å². The minimum atomic E-state index is -0.104. The topological polar surface area (TPSA) is 98.1 Å². The highest BCUT2D eigenvalue weighted by Crippen LogP contribution is 2.33. The van der Waals surface area contributed by atoms with Gasteiger partial charge >= 0.3 is 0 Å². The van der Waals surface area contributed by atoms with Crippen molar-refractivity contribution in [3.63, 3.8) is 0 Å². The van der Waals surface area contributed by atoms with E-state index in [2.05, 4.69) is 61.9 Å². The summed E-state index contributed by atoms with van der Waals surface area (Å²) in [6.07, 6.45) is 7.65. The molecule has 0 atom stereocenters. The number of aliphatic hydroxyl groups is 1. The van der Waals surface area contributed by atoms with Gasteiger partial charge in [-0.1, -0.05) is 18.2 Å². The van der Waals surface area contributed by atoms with E-state index in [1.54, 1.807) is 7.11 Å². The highest BCUT2D eigenvalue weighted by molar-refractivity contribution is 6.46. The first kappa shape index (κ1) is 20.9. The largest absolute Gasteiger partial charge is 0.496 e. The van der Waals surface area contributed by atoms with E-state index in [1.165, 1.54) is 5.56 Å². The number of nitrogens with zero attached hydrogens (tertiary/aromatic N) is 4. The minimum absolute atomic E-state index is 0.104. The zero-order valence-electron chi connectivity index (χ0n) is 19.2. The van der Waals surface area contributed by atoms with E-state index >= 15 is 0 Å². The Bertz CT molecular complexity index is 1320. The third-order valence-corrected chi connectivity index (χ3v) is 6.92. The molecule has 0 saturated heterocycles. The number of H-pyrrole nitrogens is 1. The van der Waals surface area contributed by atoms with Gasteiger partial charge in [-0.05, 0) is 49.3 Å². The van der Waals surface area contributed by atoms with E-state index in [1.807, 2.05) is 12.3 Å². The van der Waals surface area contributed by atoms with Gasteiger partial charge in [0.05, 0.1) is 37.2 Å². The Balaban J connectivity index is 1.24. The van der Waals surface area contributed by atoms with Gasteiger partial charge in [0.25, 0.3) is 0 Å². The first-order valence-electron chi connectivity index (χ1n) is 11.8. The summed E-state index contributed by atoms with van der Waals surface area (Å²) in [5.41, 5.74) is 4.99. The molecule has 1 fully saturated rings. The van der Waals surface area contributed by atoms with Crippen LogP contribution >= 0.6 is 0 Å². The highest BCUT2D eigenvalue weighted by Gasteiger charge is 2.28. The predicted molar refractivity (Wildman–Crippen MR) is 134 cm³/mol. The summed E-state index contributed by atoms with van der Waals surface area (Å²) in [7, 11) is 1.71. The van der Waals surface area contributed by atoms with E-state index in [0.29, 0.717) is 5.92 Å². The van der Waals surface area contributed by atoms with E-state index in [9.17, 15) is 5.11 Å². The number of methoxy groups -OCH3 is 1.